The minimum absolute atomic E-state index is 0.201. The van der Waals surface area contributed by atoms with Gasteiger partial charge in [-0.1, -0.05) is 13.0 Å². The lowest BCUT2D eigenvalue weighted by molar-refractivity contribution is 0.431. The first-order valence-corrected chi connectivity index (χ1v) is 7.64. The van der Waals surface area contributed by atoms with Crippen molar-refractivity contribution in [2.45, 2.75) is 56.8 Å². The van der Waals surface area contributed by atoms with Gasteiger partial charge in [0.2, 0.25) is 0 Å². The van der Waals surface area contributed by atoms with Gasteiger partial charge in [-0.25, -0.2) is 9.97 Å². The van der Waals surface area contributed by atoms with Gasteiger partial charge in [0.15, 0.2) is 0 Å². The van der Waals surface area contributed by atoms with E-state index in [2.05, 4.69) is 29.9 Å². The summed E-state index contributed by atoms with van der Waals surface area (Å²) in [6, 6.07) is 2.35. The maximum atomic E-state index is 5.98. The first-order chi connectivity index (χ1) is 9.49. The van der Waals surface area contributed by atoms with Gasteiger partial charge in [0.25, 0.3) is 5.22 Å². The molecule has 4 nitrogen and oxygen atoms in total. The fraction of sp³-hybridized carbons (Fsp3) is 0.467. The van der Waals surface area contributed by atoms with Gasteiger partial charge in [-0.2, -0.15) is 0 Å². The normalized spacial score (nSPS) is 12.7. The van der Waals surface area contributed by atoms with Crippen molar-refractivity contribution in [1.82, 2.24) is 9.97 Å². The van der Waals surface area contributed by atoms with Gasteiger partial charge in [0, 0.05) is 12.2 Å². The molecule has 0 aliphatic rings. The second kappa shape index (κ2) is 6.41. The Bertz CT molecular complexity index is 575. The second-order valence-electron chi connectivity index (χ2n) is 5.06. The smallest absolute Gasteiger partial charge is 0.262 e. The van der Waals surface area contributed by atoms with Crippen LogP contribution in [-0.2, 0) is 6.42 Å². The molecule has 2 aromatic heterocycles. The summed E-state index contributed by atoms with van der Waals surface area (Å²) in [7, 11) is 0. The number of nitrogens with zero attached hydrogens (tertiary/aromatic N) is 2. The summed E-state index contributed by atoms with van der Waals surface area (Å²) >= 11 is 1.46. The molecule has 0 amide bonds. The maximum absolute atomic E-state index is 5.98. The fourth-order valence-corrected chi connectivity index (χ4v) is 2.70. The average molecular weight is 291 g/mol. The van der Waals surface area contributed by atoms with Gasteiger partial charge >= 0.3 is 0 Å². The molecule has 0 aliphatic carbocycles. The van der Waals surface area contributed by atoms with Crippen LogP contribution in [0.3, 0.4) is 0 Å². The van der Waals surface area contributed by atoms with Crippen LogP contribution in [0.5, 0.6) is 0 Å². The van der Waals surface area contributed by atoms with Gasteiger partial charge in [-0.15, -0.1) is 0 Å². The molecule has 0 fully saturated rings. The van der Waals surface area contributed by atoms with Crippen LogP contribution in [-0.4, -0.2) is 16.0 Å². The molecule has 0 bridgehead atoms. The highest BCUT2D eigenvalue weighted by Crippen LogP contribution is 2.29. The average Bonchev–Trinajstić information content (AvgIpc) is 2.71. The summed E-state index contributed by atoms with van der Waals surface area (Å²) < 4.78 is 5.58. The summed E-state index contributed by atoms with van der Waals surface area (Å²) in [6.45, 7) is 8.02. The highest BCUT2D eigenvalue weighted by Gasteiger charge is 2.11. The molecule has 1 atom stereocenters. The quantitative estimate of drug-likeness (QED) is 0.914. The lowest BCUT2D eigenvalue weighted by Crippen LogP contribution is -2.21. The van der Waals surface area contributed by atoms with Gasteiger partial charge in [-0.05, 0) is 56.5 Å². The Labute approximate surface area is 124 Å². The first kappa shape index (κ1) is 15.1. The number of aryl methyl sites for hydroxylation is 3. The first-order valence-electron chi connectivity index (χ1n) is 6.82. The van der Waals surface area contributed by atoms with E-state index in [0.29, 0.717) is 5.22 Å². The van der Waals surface area contributed by atoms with Gasteiger partial charge in [0.05, 0.1) is 5.69 Å². The highest BCUT2D eigenvalue weighted by molar-refractivity contribution is 7.99. The van der Waals surface area contributed by atoms with Crippen LogP contribution in [0.4, 0.5) is 0 Å². The van der Waals surface area contributed by atoms with Crippen LogP contribution in [0, 0.1) is 20.8 Å². The van der Waals surface area contributed by atoms with Crippen LogP contribution in [0.1, 0.15) is 35.9 Å². The fourth-order valence-electron chi connectivity index (χ4n) is 1.86. The van der Waals surface area contributed by atoms with E-state index in [0.717, 1.165) is 34.9 Å². The lowest BCUT2D eigenvalue weighted by Gasteiger charge is -2.10. The van der Waals surface area contributed by atoms with E-state index < -0.39 is 0 Å². The van der Waals surface area contributed by atoms with Crippen molar-refractivity contribution in [2.24, 2.45) is 5.73 Å². The van der Waals surface area contributed by atoms with Gasteiger partial charge in [-0.3, -0.25) is 0 Å². The number of hydrogen-bond acceptors (Lipinski definition) is 5. The Morgan fingerprint density at radius 3 is 2.65 bits per heavy atom. The molecule has 1 unspecified atom stereocenters. The molecule has 5 heteroatoms. The van der Waals surface area contributed by atoms with Crippen LogP contribution in [0.15, 0.2) is 26.9 Å². The molecule has 0 radical (unpaired) electrons. The van der Waals surface area contributed by atoms with Crippen LogP contribution < -0.4 is 5.73 Å². The van der Waals surface area contributed by atoms with E-state index in [-0.39, 0.29) is 6.04 Å². The SMILES string of the molecule is CCC(N)Cc1cnc(Sc2nc(C)c(C)o2)c(C)c1. The summed E-state index contributed by atoms with van der Waals surface area (Å²) in [5.41, 5.74) is 9.22. The van der Waals surface area contributed by atoms with Crippen molar-refractivity contribution < 1.29 is 4.42 Å². The zero-order chi connectivity index (χ0) is 14.7. The van der Waals surface area contributed by atoms with Crippen molar-refractivity contribution in [1.29, 1.82) is 0 Å². The molecule has 2 N–H and O–H groups in total. The highest BCUT2D eigenvalue weighted by atomic mass is 32.2. The van der Waals surface area contributed by atoms with Gasteiger partial charge < -0.3 is 10.2 Å². The summed E-state index contributed by atoms with van der Waals surface area (Å²) in [5, 5.41) is 1.58. The molecule has 108 valence electrons. The molecule has 0 spiro atoms. The summed E-state index contributed by atoms with van der Waals surface area (Å²) in [6.07, 6.45) is 3.74. The summed E-state index contributed by atoms with van der Waals surface area (Å²) in [5.74, 6) is 0.857. The molecule has 0 aromatic carbocycles. The van der Waals surface area contributed by atoms with E-state index in [4.69, 9.17) is 10.2 Å². The molecule has 0 saturated heterocycles. The third-order valence-electron chi connectivity index (χ3n) is 3.30. The summed E-state index contributed by atoms with van der Waals surface area (Å²) in [4.78, 5) is 8.87. The van der Waals surface area contributed by atoms with Gasteiger partial charge in [0.1, 0.15) is 10.8 Å². The van der Waals surface area contributed by atoms with E-state index >= 15 is 0 Å². The third kappa shape index (κ3) is 3.61. The van der Waals surface area contributed by atoms with Crippen molar-refractivity contribution in [2.75, 3.05) is 0 Å². The Morgan fingerprint density at radius 2 is 2.10 bits per heavy atom. The minimum atomic E-state index is 0.201. The molecule has 0 saturated carbocycles. The van der Waals surface area contributed by atoms with Crippen molar-refractivity contribution in [3.63, 3.8) is 0 Å². The maximum Gasteiger partial charge on any atom is 0.262 e. The largest absolute Gasteiger partial charge is 0.436 e. The lowest BCUT2D eigenvalue weighted by atomic mass is 10.1. The number of rotatable bonds is 5. The number of oxazole rings is 1. The predicted octanol–water partition coefficient (Wildman–Crippen LogP) is 3.43. The van der Waals surface area contributed by atoms with E-state index in [1.165, 1.54) is 17.3 Å². The molecular formula is C15H21N3OS. The Balaban J connectivity index is 2.13. The van der Waals surface area contributed by atoms with Crippen molar-refractivity contribution >= 4 is 11.8 Å². The second-order valence-corrected chi connectivity index (χ2v) is 6.00. The molecular weight excluding hydrogens is 270 g/mol. The Morgan fingerprint density at radius 1 is 1.35 bits per heavy atom. The molecule has 20 heavy (non-hydrogen) atoms. The zero-order valence-electron chi connectivity index (χ0n) is 12.4. The molecule has 2 rings (SSSR count). The zero-order valence-corrected chi connectivity index (χ0v) is 13.3. The Kier molecular flexibility index (Phi) is 4.83. The van der Waals surface area contributed by atoms with E-state index in [1.54, 1.807) is 0 Å². The van der Waals surface area contributed by atoms with Crippen LogP contribution >= 0.6 is 11.8 Å². The standard InChI is InChI=1S/C15H21N3OS/c1-5-13(16)7-12-6-9(2)14(17-8-12)20-15-18-10(3)11(4)19-15/h6,8,13H,5,7,16H2,1-4H3. The third-order valence-corrected chi connectivity index (χ3v) is 4.27. The number of hydrogen-bond donors (Lipinski definition) is 1. The van der Waals surface area contributed by atoms with Crippen LogP contribution in [0.25, 0.3) is 0 Å². The molecule has 2 aromatic rings. The Hall–Kier alpha value is -1.33. The van der Waals surface area contributed by atoms with Crippen LogP contribution in [0.2, 0.25) is 0 Å². The minimum Gasteiger partial charge on any atom is -0.436 e. The van der Waals surface area contributed by atoms with Crippen molar-refractivity contribution in [3.8, 4) is 0 Å². The topological polar surface area (TPSA) is 64.9 Å². The number of nitrogens with two attached hydrogens (primary N) is 1. The van der Waals surface area contributed by atoms with E-state index in [9.17, 15) is 0 Å². The molecule has 2 heterocycles. The predicted molar refractivity (Wildman–Crippen MR) is 81.0 cm³/mol. The number of pyridine rings is 1. The van der Waals surface area contributed by atoms with E-state index in [1.807, 2.05) is 20.0 Å². The van der Waals surface area contributed by atoms with Crippen molar-refractivity contribution in [3.05, 3.63) is 34.8 Å². The molecule has 0 aliphatic heterocycles. The number of aromatic nitrogens is 2. The monoisotopic (exact) mass is 291 g/mol.